The third-order valence-corrected chi connectivity index (χ3v) is 4.29. The van der Waals surface area contributed by atoms with E-state index in [1.54, 1.807) is 12.0 Å². The SMILES string of the molecule is COCc1nc(NCCN2CCNC2=O)cc(C2CC(N)C2)n1.Cl.Cl. The number of amides is 2. The highest BCUT2D eigenvalue weighted by atomic mass is 35.5. The Bertz CT molecular complexity index is 571. The molecular formula is C15H26Cl2N6O2. The van der Waals surface area contributed by atoms with E-state index in [9.17, 15) is 4.79 Å². The summed E-state index contributed by atoms with van der Waals surface area (Å²) in [5.41, 5.74) is 6.90. The molecule has 1 aliphatic heterocycles. The van der Waals surface area contributed by atoms with Gasteiger partial charge >= 0.3 is 6.03 Å². The molecular weight excluding hydrogens is 367 g/mol. The number of hydrogen-bond donors (Lipinski definition) is 3. The Morgan fingerprint density at radius 3 is 2.76 bits per heavy atom. The van der Waals surface area contributed by atoms with E-state index in [4.69, 9.17) is 10.5 Å². The molecule has 1 aliphatic carbocycles. The third-order valence-electron chi connectivity index (χ3n) is 4.29. The lowest BCUT2D eigenvalue weighted by Crippen LogP contribution is -2.35. The van der Waals surface area contributed by atoms with Crippen LogP contribution in [-0.4, -0.2) is 60.2 Å². The fourth-order valence-electron chi connectivity index (χ4n) is 2.96. The molecule has 0 atom stereocenters. The zero-order valence-corrected chi connectivity index (χ0v) is 15.9. The predicted octanol–water partition coefficient (Wildman–Crippen LogP) is 1.11. The second-order valence-electron chi connectivity index (χ2n) is 6.10. The summed E-state index contributed by atoms with van der Waals surface area (Å²) >= 11 is 0. The number of urea groups is 1. The second-order valence-corrected chi connectivity index (χ2v) is 6.10. The van der Waals surface area contributed by atoms with E-state index in [0.29, 0.717) is 31.4 Å². The van der Waals surface area contributed by atoms with E-state index in [1.807, 2.05) is 6.07 Å². The van der Waals surface area contributed by atoms with Gasteiger partial charge in [0.25, 0.3) is 0 Å². The van der Waals surface area contributed by atoms with Crippen LogP contribution in [0.4, 0.5) is 10.6 Å². The van der Waals surface area contributed by atoms with Crippen molar-refractivity contribution < 1.29 is 9.53 Å². The Morgan fingerprint density at radius 1 is 1.40 bits per heavy atom. The second kappa shape index (κ2) is 9.96. The van der Waals surface area contributed by atoms with Gasteiger partial charge in [-0.25, -0.2) is 14.8 Å². The summed E-state index contributed by atoms with van der Waals surface area (Å²) in [5, 5.41) is 6.08. The predicted molar refractivity (Wildman–Crippen MR) is 101 cm³/mol. The number of rotatable bonds is 7. The van der Waals surface area contributed by atoms with Crippen LogP contribution < -0.4 is 16.4 Å². The molecule has 1 saturated heterocycles. The first-order chi connectivity index (χ1) is 11.2. The molecule has 0 radical (unpaired) electrons. The minimum atomic E-state index is -0.00120. The van der Waals surface area contributed by atoms with Gasteiger partial charge in [-0.3, -0.25) is 0 Å². The average Bonchev–Trinajstić information content (AvgIpc) is 2.90. The largest absolute Gasteiger partial charge is 0.377 e. The fraction of sp³-hybridized carbons (Fsp3) is 0.667. The van der Waals surface area contributed by atoms with E-state index in [2.05, 4.69) is 20.6 Å². The number of aromatic nitrogens is 2. The van der Waals surface area contributed by atoms with Crippen molar-refractivity contribution in [2.45, 2.75) is 31.4 Å². The number of anilines is 1. The Hall–Kier alpha value is -1.35. The topological polar surface area (TPSA) is 105 Å². The normalized spacial score (nSPS) is 21.7. The van der Waals surface area contributed by atoms with E-state index in [-0.39, 0.29) is 36.9 Å². The van der Waals surface area contributed by atoms with Crippen molar-refractivity contribution in [3.63, 3.8) is 0 Å². The zero-order chi connectivity index (χ0) is 16.2. The van der Waals surface area contributed by atoms with Gasteiger partial charge in [-0.2, -0.15) is 0 Å². The molecule has 1 saturated carbocycles. The van der Waals surface area contributed by atoms with Gasteiger partial charge in [-0.1, -0.05) is 0 Å². The van der Waals surface area contributed by atoms with Crippen LogP contribution in [0.2, 0.25) is 0 Å². The average molecular weight is 393 g/mol. The van der Waals surface area contributed by atoms with Crippen LogP contribution >= 0.6 is 24.8 Å². The number of halogens is 2. The van der Waals surface area contributed by atoms with Crippen molar-refractivity contribution in [2.75, 3.05) is 38.6 Å². The van der Waals surface area contributed by atoms with Gasteiger partial charge in [-0.15, -0.1) is 24.8 Å². The summed E-state index contributed by atoms with van der Waals surface area (Å²) in [6.45, 7) is 3.16. The van der Waals surface area contributed by atoms with Crippen LogP contribution in [0.3, 0.4) is 0 Å². The highest BCUT2D eigenvalue weighted by Gasteiger charge is 2.29. The molecule has 2 heterocycles. The highest BCUT2D eigenvalue weighted by Crippen LogP contribution is 2.35. The molecule has 3 rings (SSSR count). The third kappa shape index (κ3) is 5.57. The Balaban J connectivity index is 0.00000156. The monoisotopic (exact) mass is 392 g/mol. The van der Waals surface area contributed by atoms with Crippen LogP contribution in [-0.2, 0) is 11.3 Å². The lowest BCUT2D eigenvalue weighted by molar-refractivity contribution is 0.177. The molecule has 8 nitrogen and oxygen atoms in total. The van der Waals surface area contributed by atoms with Gasteiger partial charge in [0, 0.05) is 57.0 Å². The van der Waals surface area contributed by atoms with Gasteiger partial charge in [0.1, 0.15) is 12.4 Å². The van der Waals surface area contributed by atoms with Crippen molar-refractivity contribution in [1.82, 2.24) is 20.2 Å². The van der Waals surface area contributed by atoms with Gasteiger partial charge in [0.05, 0.1) is 0 Å². The first-order valence-corrected chi connectivity index (χ1v) is 8.04. The van der Waals surface area contributed by atoms with Gasteiger partial charge in [0.15, 0.2) is 5.82 Å². The number of ether oxygens (including phenoxy) is 1. The van der Waals surface area contributed by atoms with E-state index in [1.165, 1.54) is 0 Å². The summed E-state index contributed by atoms with van der Waals surface area (Å²) < 4.78 is 5.15. The molecule has 25 heavy (non-hydrogen) atoms. The molecule has 0 aromatic carbocycles. The number of carbonyl (C=O) groups excluding carboxylic acids is 1. The van der Waals surface area contributed by atoms with Crippen molar-refractivity contribution in [1.29, 1.82) is 0 Å². The van der Waals surface area contributed by atoms with Gasteiger partial charge < -0.3 is 26.0 Å². The van der Waals surface area contributed by atoms with Gasteiger partial charge in [-0.05, 0) is 12.8 Å². The molecule has 2 fully saturated rings. The molecule has 1 aromatic heterocycles. The van der Waals surface area contributed by atoms with Crippen LogP contribution in [0.5, 0.6) is 0 Å². The van der Waals surface area contributed by atoms with E-state index in [0.717, 1.165) is 37.4 Å². The molecule has 10 heteroatoms. The Morgan fingerprint density at radius 2 is 2.16 bits per heavy atom. The van der Waals surface area contributed by atoms with Crippen LogP contribution in [0.25, 0.3) is 0 Å². The van der Waals surface area contributed by atoms with Crippen molar-refractivity contribution in [3.8, 4) is 0 Å². The molecule has 0 bridgehead atoms. The first kappa shape index (κ1) is 21.7. The summed E-state index contributed by atoms with van der Waals surface area (Å²) in [6.07, 6.45) is 1.94. The maximum atomic E-state index is 11.5. The lowest BCUT2D eigenvalue weighted by Gasteiger charge is -2.32. The minimum Gasteiger partial charge on any atom is -0.377 e. The van der Waals surface area contributed by atoms with Crippen LogP contribution in [0, 0.1) is 0 Å². The first-order valence-electron chi connectivity index (χ1n) is 8.04. The van der Waals surface area contributed by atoms with Crippen molar-refractivity contribution in [3.05, 3.63) is 17.6 Å². The Kier molecular flexibility index (Phi) is 8.64. The van der Waals surface area contributed by atoms with Crippen LogP contribution in [0.15, 0.2) is 6.07 Å². The summed E-state index contributed by atoms with van der Waals surface area (Å²) in [7, 11) is 1.63. The smallest absolute Gasteiger partial charge is 0.317 e. The summed E-state index contributed by atoms with van der Waals surface area (Å²) in [4.78, 5) is 22.3. The number of carbonyl (C=O) groups is 1. The number of nitrogens with one attached hydrogen (secondary N) is 2. The Labute approximate surface area is 160 Å². The summed E-state index contributed by atoms with van der Waals surface area (Å²) in [6, 6.07) is 2.27. The molecule has 4 N–H and O–H groups in total. The quantitative estimate of drug-likeness (QED) is 0.641. The molecule has 2 aliphatic rings. The van der Waals surface area contributed by atoms with E-state index >= 15 is 0 Å². The number of hydrogen-bond acceptors (Lipinski definition) is 6. The molecule has 142 valence electrons. The lowest BCUT2D eigenvalue weighted by atomic mass is 9.78. The maximum Gasteiger partial charge on any atom is 0.317 e. The molecule has 0 spiro atoms. The maximum absolute atomic E-state index is 11.5. The standard InChI is InChI=1S/C15H24N6O2.2ClH/c1-23-9-14-19-12(10-6-11(16)7-10)8-13(20-14)17-2-4-21-5-3-18-15(21)22;;/h8,10-11H,2-7,9,16H2,1H3,(H,18,22)(H,17,19,20);2*1H. The number of methoxy groups -OCH3 is 1. The van der Waals surface area contributed by atoms with E-state index < -0.39 is 0 Å². The van der Waals surface area contributed by atoms with Crippen molar-refractivity contribution in [2.24, 2.45) is 5.73 Å². The molecule has 0 unspecified atom stereocenters. The molecule has 2 amide bonds. The van der Waals surface area contributed by atoms with Crippen molar-refractivity contribution >= 4 is 36.7 Å². The van der Waals surface area contributed by atoms with Gasteiger partial charge in [0.2, 0.25) is 0 Å². The summed E-state index contributed by atoms with van der Waals surface area (Å²) in [5.74, 6) is 1.86. The zero-order valence-electron chi connectivity index (χ0n) is 14.2. The highest BCUT2D eigenvalue weighted by molar-refractivity contribution is 5.85. The number of nitrogens with zero attached hydrogens (tertiary/aromatic N) is 3. The number of nitrogens with two attached hydrogens (primary N) is 1. The molecule has 1 aromatic rings. The minimum absolute atomic E-state index is 0. The van der Waals surface area contributed by atoms with Crippen LogP contribution in [0.1, 0.15) is 30.3 Å². The fourth-order valence-corrected chi connectivity index (χ4v) is 2.96.